The number of rotatable bonds is 9. The first-order valence-corrected chi connectivity index (χ1v) is 9.06. The van der Waals surface area contributed by atoms with Crippen LogP contribution in [0.1, 0.15) is 6.42 Å². The highest BCUT2D eigenvalue weighted by Crippen LogP contribution is 2.29. The minimum absolute atomic E-state index is 0.0455. The highest BCUT2D eigenvalue weighted by Gasteiger charge is 2.50. The van der Waals surface area contributed by atoms with Gasteiger partial charge in [-0.3, -0.25) is 0 Å². The Labute approximate surface area is 165 Å². The van der Waals surface area contributed by atoms with Gasteiger partial charge in [0, 0.05) is 18.1 Å². The van der Waals surface area contributed by atoms with E-state index < -0.39 is 74.6 Å². The van der Waals surface area contributed by atoms with E-state index in [1.54, 1.807) is 0 Å². The number of nitrogens with zero attached hydrogens (tertiary/aromatic N) is 3. The molecule has 0 aliphatic carbocycles. The van der Waals surface area contributed by atoms with Crippen LogP contribution in [0.2, 0.25) is 0 Å². The zero-order valence-corrected chi connectivity index (χ0v) is 15.4. The maximum absolute atomic E-state index is 10.4. The van der Waals surface area contributed by atoms with E-state index in [0.29, 0.717) is 6.42 Å². The molecule has 7 N–H and O–H groups in total. The Morgan fingerprint density at radius 1 is 0.828 bits per heavy atom. The van der Waals surface area contributed by atoms with Gasteiger partial charge in [0.25, 0.3) is 0 Å². The molecule has 29 heavy (non-hydrogen) atoms. The molecule has 2 aliphatic rings. The number of aliphatic hydroxyl groups is 7. The second kappa shape index (κ2) is 11.3. The lowest BCUT2D eigenvalue weighted by Crippen LogP contribution is -2.64. The summed E-state index contributed by atoms with van der Waals surface area (Å²) in [5.74, 6) is 0. The van der Waals surface area contributed by atoms with Crippen molar-refractivity contribution in [2.24, 2.45) is 5.11 Å². The zero-order chi connectivity index (χ0) is 21.6. The molecule has 10 unspecified atom stereocenters. The van der Waals surface area contributed by atoms with Crippen LogP contribution in [0.4, 0.5) is 0 Å². The summed E-state index contributed by atoms with van der Waals surface area (Å²) in [6.07, 6.45) is -14.6. The molecule has 0 saturated carbocycles. The topological polar surface area (TPSA) is 227 Å². The van der Waals surface area contributed by atoms with Crippen molar-refractivity contribution in [1.82, 2.24) is 0 Å². The second-order valence-electron chi connectivity index (χ2n) is 6.68. The number of hydrogen-bond donors (Lipinski definition) is 7. The molecule has 2 fully saturated rings. The van der Waals surface area contributed by atoms with Gasteiger partial charge in [-0.2, -0.15) is 0 Å². The number of aliphatic hydroxyl groups excluding tert-OH is 7. The van der Waals surface area contributed by atoms with Crippen molar-refractivity contribution in [2.45, 2.75) is 67.8 Å². The van der Waals surface area contributed by atoms with E-state index in [9.17, 15) is 35.7 Å². The first-order chi connectivity index (χ1) is 13.8. The standard InChI is InChI=1S/C15H27N3O11/c16-18-17-2-1-3-26-14-12(25)10(23)13(7(5-20)28-14)29-15-11(24)9(22)8(21)6(4-19)27-15/h6-15,19-25H,1-5H2. The average Bonchev–Trinajstić information content (AvgIpc) is 2.72. The average molecular weight is 425 g/mol. The van der Waals surface area contributed by atoms with Crippen LogP contribution in [0, 0.1) is 0 Å². The van der Waals surface area contributed by atoms with Crippen molar-refractivity contribution in [1.29, 1.82) is 0 Å². The summed E-state index contributed by atoms with van der Waals surface area (Å²) < 4.78 is 21.3. The van der Waals surface area contributed by atoms with Gasteiger partial charge >= 0.3 is 0 Å². The Morgan fingerprint density at radius 3 is 2.07 bits per heavy atom. The molecule has 0 bridgehead atoms. The van der Waals surface area contributed by atoms with Gasteiger partial charge in [-0.05, 0) is 12.0 Å². The third-order valence-electron chi connectivity index (χ3n) is 4.71. The third kappa shape index (κ3) is 5.73. The van der Waals surface area contributed by atoms with E-state index >= 15 is 0 Å². The van der Waals surface area contributed by atoms with Crippen LogP contribution in [-0.4, -0.2) is 124 Å². The second-order valence-corrected chi connectivity index (χ2v) is 6.68. The molecule has 10 atom stereocenters. The molecule has 14 nitrogen and oxygen atoms in total. The Morgan fingerprint density at radius 2 is 1.45 bits per heavy atom. The fourth-order valence-electron chi connectivity index (χ4n) is 3.07. The number of hydrogen-bond acceptors (Lipinski definition) is 12. The summed E-state index contributed by atoms with van der Waals surface area (Å²) in [5, 5.41) is 72.4. The molecule has 2 heterocycles. The van der Waals surface area contributed by atoms with Crippen LogP contribution in [0.3, 0.4) is 0 Å². The van der Waals surface area contributed by atoms with Crippen molar-refractivity contribution in [3.63, 3.8) is 0 Å². The maximum atomic E-state index is 10.4. The van der Waals surface area contributed by atoms with Gasteiger partial charge in [-0.25, -0.2) is 0 Å². The minimum atomic E-state index is -1.73. The summed E-state index contributed by atoms with van der Waals surface area (Å²) in [6.45, 7) is -1.12. The lowest BCUT2D eigenvalue weighted by molar-refractivity contribution is -0.359. The Hall–Kier alpha value is -1.13. The highest BCUT2D eigenvalue weighted by molar-refractivity contribution is 4.94. The molecule has 0 radical (unpaired) electrons. The lowest BCUT2D eigenvalue weighted by atomic mass is 9.97. The molecular formula is C15H27N3O11. The van der Waals surface area contributed by atoms with Crippen molar-refractivity contribution in [2.75, 3.05) is 26.4 Å². The van der Waals surface area contributed by atoms with Crippen LogP contribution < -0.4 is 0 Å². The summed E-state index contributed by atoms with van der Waals surface area (Å²) in [4.78, 5) is 2.58. The molecule has 168 valence electrons. The molecule has 0 aromatic rings. The van der Waals surface area contributed by atoms with Crippen LogP contribution in [-0.2, 0) is 18.9 Å². The van der Waals surface area contributed by atoms with E-state index in [4.69, 9.17) is 24.5 Å². The van der Waals surface area contributed by atoms with Crippen molar-refractivity contribution in [3.05, 3.63) is 10.4 Å². The van der Waals surface area contributed by atoms with E-state index in [-0.39, 0.29) is 13.2 Å². The molecule has 0 aromatic heterocycles. The third-order valence-corrected chi connectivity index (χ3v) is 4.71. The van der Waals surface area contributed by atoms with Crippen molar-refractivity contribution < 1.29 is 54.7 Å². The SMILES string of the molecule is [N-]=[N+]=NCCCOC1OC(CO)C(OC2OC(CO)C(O)C(O)C2O)C(O)C1O. The van der Waals surface area contributed by atoms with Gasteiger partial charge in [0.2, 0.25) is 0 Å². The predicted octanol–water partition coefficient (Wildman–Crippen LogP) is -3.67. The van der Waals surface area contributed by atoms with Gasteiger partial charge < -0.3 is 54.7 Å². The Kier molecular flexibility index (Phi) is 9.42. The van der Waals surface area contributed by atoms with E-state index in [0.717, 1.165) is 0 Å². The first kappa shape index (κ1) is 24.1. The molecule has 2 rings (SSSR count). The van der Waals surface area contributed by atoms with Gasteiger partial charge in [-0.1, -0.05) is 5.11 Å². The van der Waals surface area contributed by atoms with Crippen molar-refractivity contribution in [3.8, 4) is 0 Å². The van der Waals surface area contributed by atoms with Gasteiger partial charge in [-0.15, -0.1) is 0 Å². The van der Waals surface area contributed by atoms with Crippen LogP contribution in [0.15, 0.2) is 5.11 Å². The maximum Gasteiger partial charge on any atom is 0.187 e. The Bertz CT molecular complexity index is 548. The predicted molar refractivity (Wildman–Crippen MR) is 91.0 cm³/mol. The number of ether oxygens (including phenoxy) is 4. The molecular weight excluding hydrogens is 398 g/mol. The largest absolute Gasteiger partial charge is 0.394 e. The summed E-state index contributed by atoms with van der Waals surface area (Å²) >= 11 is 0. The van der Waals surface area contributed by atoms with Gasteiger partial charge in [0.05, 0.1) is 13.2 Å². The normalized spacial score (nSPS) is 43.0. The molecule has 0 aromatic carbocycles. The van der Waals surface area contributed by atoms with E-state index in [1.165, 1.54) is 0 Å². The molecule has 14 heteroatoms. The fourth-order valence-corrected chi connectivity index (χ4v) is 3.07. The summed E-state index contributed by atoms with van der Waals surface area (Å²) in [7, 11) is 0. The lowest BCUT2D eigenvalue weighted by Gasteiger charge is -2.45. The van der Waals surface area contributed by atoms with E-state index in [2.05, 4.69) is 10.0 Å². The molecule has 0 spiro atoms. The minimum Gasteiger partial charge on any atom is -0.394 e. The number of azide groups is 1. The molecule has 2 aliphatic heterocycles. The van der Waals surface area contributed by atoms with Crippen LogP contribution in [0.5, 0.6) is 0 Å². The summed E-state index contributed by atoms with van der Waals surface area (Å²) in [6, 6.07) is 0. The summed E-state index contributed by atoms with van der Waals surface area (Å²) in [5.41, 5.74) is 8.21. The van der Waals surface area contributed by atoms with E-state index in [1.807, 2.05) is 0 Å². The van der Waals surface area contributed by atoms with Gasteiger partial charge in [0.1, 0.15) is 48.8 Å². The Balaban J connectivity index is 2.00. The molecule has 2 saturated heterocycles. The van der Waals surface area contributed by atoms with Crippen molar-refractivity contribution >= 4 is 0 Å². The highest BCUT2D eigenvalue weighted by atomic mass is 16.7. The monoisotopic (exact) mass is 425 g/mol. The van der Waals surface area contributed by atoms with Gasteiger partial charge in [0.15, 0.2) is 12.6 Å². The quantitative estimate of drug-likeness (QED) is 0.0823. The fraction of sp³-hybridized carbons (Fsp3) is 1.00. The van der Waals surface area contributed by atoms with Crippen LogP contribution in [0.25, 0.3) is 10.4 Å². The molecule has 0 amide bonds. The van der Waals surface area contributed by atoms with Crippen LogP contribution >= 0.6 is 0 Å². The first-order valence-electron chi connectivity index (χ1n) is 9.06. The zero-order valence-electron chi connectivity index (χ0n) is 15.4. The smallest absolute Gasteiger partial charge is 0.187 e.